The molecular weight excluding hydrogens is 302 g/mol. The number of urea groups is 1. The molecule has 0 spiro atoms. The summed E-state index contributed by atoms with van der Waals surface area (Å²) in [5.74, 6) is -0.649. The zero-order valence-electron chi connectivity index (χ0n) is 12.3. The van der Waals surface area contributed by atoms with E-state index in [1.165, 1.54) is 23.5 Å². The molecule has 0 bridgehead atoms. The number of nitrogens with one attached hydrogen (secondary N) is 2. The molecule has 0 fully saturated rings. The Hall–Kier alpha value is -2.41. The zero-order chi connectivity index (χ0) is 16.1. The molecule has 22 heavy (non-hydrogen) atoms. The molecule has 116 valence electrons. The van der Waals surface area contributed by atoms with Crippen molar-refractivity contribution in [3.8, 4) is 0 Å². The number of aromatic nitrogens is 1. The van der Waals surface area contributed by atoms with Crippen molar-refractivity contribution in [3.05, 3.63) is 46.5 Å². The van der Waals surface area contributed by atoms with Gasteiger partial charge in [0.05, 0.1) is 11.3 Å². The van der Waals surface area contributed by atoms with Crippen molar-refractivity contribution in [3.63, 3.8) is 0 Å². The van der Waals surface area contributed by atoms with Gasteiger partial charge in [0.25, 0.3) is 0 Å². The van der Waals surface area contributed by atoms with Gasteiger partial charge in [-0.25, -0.2) is 14.6 Å². The van der Waals surface area contributed by atoms with Gasteiger partial charge in [-0.2, -0.15) is 0 Å². The minimum absolute atomic E-state index is 0.220. The number of rotatable bonds is 5. The van der Waals surface area contributed by atoms with Crippen LogP contribution in [0.5, 0.6) is 0 Å². The molecule has 1 aromatic carbocycles. The first-order chi connectivity index (χ1) is 10.5. The Kier molecular flexibility index (Phi) is 5.11. The van der Waals surface area contributed by atoms with Crippen LogP contribution < -0.4 is 10.6 Å². The summed E-state index contributed by atoms with van der Waals surface area (Å²) in [5, 5.41) is 16.7. The Balaban J connectivity index is 1.85. The molecule has 0 aliphatic carbocycles. The Bertz CT molecular complexity index is 665. The number of hydrogen-bond donors (Lipinski definition) is 3. The van der Waals surface area contributed by atoms with Crippen molar-refractivity contribution in [1.29, 1.82) is 0 Å². The predicted octanol–water partition coefficient (Wildman–Crippen LogP) is 3.29. The highest BCUT2D eigenvalue weighted by Crippen LogP contribution is 2.21. The average Bonchev–Trinajstić information content (AvgIpc) is 2.94. The normalized spacial score (nSPS) is 10.5. The van der Waals surface area contributed by atoms with Crippen LogP contribution in [0.4, 0.5) is 9.93 Å². The summed E-state index contributed by atoms with van der Waals surface area (Å²) in [5.41, 5.74) is 1.99. The van der Waals surface area contributed by atoms with E-state index < -0.39 is 5.97 Å². The van der Waals surface area contributed by atoms with Crippen LogP contribution >= 0.6 is 11.3 Å². The SMILES string of the molecule is CC(C)c1csc(NC(=O)NCc2ccc(C(=O)O)cc2)n1. The van der Waals surface area contributed by atoms with Gasteiger partial charge in [-0.3, -0.25) is 5.32 Å². The van der Waals surface area contributed by atoms with Gasteiger partial charge in [-0.15, -0.1) is 11.3 Å². The van der Waals surface area contributed by atoms with E-state index in [1.54, 1.807) is 12.1 Å². The summed E-state index contributed by atoms with van der Waals surface area (Å²) in [6.07, 6.45) is 0. The van der Waals surface area contributed by atoms with Crippen molar-refractivity contribution in [2.75, 3.05) is 5.32 Å². The summed E-state index contributed by atoms with van der Waals surface area (Å²) in [6, 6.07) is 6.01. The third-order valence-corrected chi connectivity index (χ3v) is 3.76. The number of benzene rings is 1. The molecule has 1 aromatic heterocycles. The van der Waals surface area contributed by atoms with Crippen LogP contribution in [-0.2, 0) is 6.54 Å². The number of thiazole rings is 1. The number of hydrogen-bond acceptors (Lipinski definition) is 4. The van der Waals surface area contributed by atoms with E-state index in [2.05, 4.69) is 15.6 Å². The number of carbonyl (C=O) groups excluding carboxylic acids is 1. The molecule has 1 heterocycles. The Morgan fingerprint density at radius 3 is 2.50 bits per heavy atom. The van der Waals surface area contributed by atoms with Crippen LogP contribution in [0.25, 0.3) is 0 Å². The monoisotopic (exact) mass is 319 g/mol. The fourth-order valence-corrected chi connectivity index (χ4v) is 2.56. The van der Waals surface area contributed by atoms with Crippen LogP contribution in [0.15, 0.2) is 29.6 Å². The predicted molar refractivity (Wildman–Crippen MR) is 85.5 cm³/mol. The van der Waals surface area contributed by atoms with E-state index in [-0.39, 0.29) is 11.6 Å². The highest BCUT2D eigenvalue weighted by atomic mass is 32.1. The summed E-state index contributed by atoms with van der Waals surface area (Å²) in [7, 11) is 0. The van der Waals surface area contributed by atoms with Gasteiger partial charge in [0.15, 0.2) is 5.13 Å². The molecule has 0 radical (unpaired) electrons. The van der Waals surface area contributed by atoms with Crippen molar-refractivity contribution in [1.82, 2.24) is 10.3 Å². The Morgan fingerprint density at radius 2 is 1.95 bits per heavy atom. The first-order valence-corrected chi connectivity index (χ1v) is 7.66. The molecular formula is C15H17N3O3S. The standard InChI is InChI=1S/C15H17N3O3S/c1-9(2)12-8-22-15(17-12)18-14(21)16-7-10-3-5-11(6-4-10)13(19)20/h3-6,8-9H,7H2,1-2H3,(H,19,20)(H2,16,17,18,21). The van der Waals surface area contributed by atoms with E-state index in [1.807, 2.05) is 19.2 Å². The molecule has 0 saturated carbocycles. The van der Waals surface area contributed by atoms with Gasteiger partial charge in [0, 0.05) is 11.9 Å². The van der Waals surface area contributed by atoms with E-state index in [0.29, 0.717) is 17.6 Å². The van der Waals surface area contributed by atoms with Gasteiger partial charge in [-0.05, 0) is 23.6 Å². The number of carboxylic acids is 1. The van der Waals surface area contributed by atoms with Gasteiger partial charge < -0.3 is 10.4 Å². The van der Waals surface area contributed by atoms with Gasteiger partial charge in [0.2, 0.25) is 0 Å². The lowest BCUT2D eigenvalue weighted by atomic mass is 10.1. The second-order valence-corrected chi connectivity index (χ2v) is 5.90. The number of aromatic carboxylic acids is 1. The molecule has 2 rings (SSSR count). The zero-order valence-corrected chi connectivity index (χ0v) is 13.1. The molecule has 2 amide bonds. The van der Waals surface area contributed by atoms with Gasteiger partial charge >= 0.3 is 12.0 Å². The molecule has 3 N–H and O–H groups in total. The fraction of sp³-hybridized carbons (Fsp3) is 0.267. The molecule has 0 atom stereocenters. The second-order valence-electron chi connectivity index (χ2n) is 5.04. The van der Waals surface area contributed by atoms with Crippen LogP contribution in [-0.4, -0.2) is 22.1 Å². The summed E-state index contributed by atoms with van der Waals surface area (Å²) in [4.78, 5) is 26.9. The fourth-order valence-electron chi connectivity index (χ4n) is 1.70. The average molecular weight is 319 g/mol. The molecule has 2 aromatic rings. The second kappa shape index (κ2) is 7.04. The van der Waals surface area contributed by atoms with Crippen molar-refractivity contribution in [2.24, 2.45) is 0 Å². The van der Waals surface area contributed by atoms with Gasteiger partial charge in [0.1, 0.15) is 0 Å². The minimum Gasteiger partial charge on any atom is -0.478 e. The summed E-state index contributed by atoms with van der Waals surface area (Å²) < 4.78 is 0. The largest absolute Gasteiger partial charge is 0.478 e. The number of carboxylic acid groups (broad SMARTS) is 1. The smallest absolute Gasteiger partial charge is 0.335 e. The third kappa shape index (κ3) is 4.29. The number of anilines is 1. The molecule has 6 nitrogen and oxygen atoms in total. The van der Waals surface area contributed by atoms with E-state index >= 15 is 0 Å². The maximum atomic E-state index is 11.8. The number of nitrogens with zero attached hydrogens (tertiary/aromatic N) is 1. The van der Waals surface area contributed by atoms with E-state index in [4.69, 9.17) is 5.11 Å². The van der Waals surface area contributed by atoms with Crippen molar-refractivity contribution in [2.45, 2.75) is 26.3 Å². The molecule has 0 aliphatic heterocycles. The van der Waals surface area contributed by atoms with Crippen LogP contribution in [0, 0.1) is 0 Å². The maximum absolute atomic E-state index is 11.8. The van der Waals surface area contributed by atoms with E-state index in [9.17, 15) is 9.59 Å². The molecule has 0 unspecified atom stereocenters. The van der Waals surface area contributed by atoms with Crippen LogP contribution in [0.1, 0.15) is 41.4 Å². The Labute approximate surface area is 132 Å². The summed E-state index contributed by atoms with van der Waals surface area (Å²) in [6.45, 7) is 4.40. The third-order valence-electron chi connectivity index (χ3n) is 2.99. The first kappa shape index (κ1) is 16.0. The molecule has 0 aliphatic rings. The number of amides is 2. The highest BCUT2D eigenvalue weighted by Gasteiger charge is 2.08. The van der Waals surface area contributed by atoms with E-state index in [0.717, 1.165) is 11.3 Å². The molecule has 0 saturated heterocycles. The van der Waals surface area contributed by atoms with Crippen LogP contribution in [0.2, 0.25) is 0 Å². The minimum atomic E-state index is -0.970. The maximum Gasteiger partial charge on any atom is 0.335 e. The first-order valence-electron chi connectivity index (χ1n) is 6.78. The quantitative estimate of drug-likeness (QED) is 0.788. The summed E-state index contributed by atoms with van der Waals surface area (Å²) >= 11 is 1.38. The van der Waals surface area contributed by atoms with Crippen molar-refractivity contribution >= 4 is 28.5 Å². The number of carbonyl (C=O) groups is 2. The van der Waals surface area contributed by atoms with Gasteiger partial charge in [-0.1, -0.05) is 26.0 Å². The lowest BCUT2D eigenvalue weighted by Crippen LogP contribution is -2.28. The molecule has 7 heteroatoms. The lowest BCUT2D eigenvalue weighted by molar-refractivity contribution is 0.0697. The Morgan fingerprint density at radius 1 is 1.27 bits per heavy atom. The highest BCUT2D eigenvalue weighted by molar-refractivity contribution is 7.13. The van der Waals surface area contributed by atoms with Crippen LogP contribution in [0.3, 0.4) is 0 Å². The topological polar surface area (TPSA) is 91.3 Å². The van der Waals surface area contributed by atoms with Crippen molar-refractivity contribution < 1.29 is 14.7 Å². The lowest BCUT2D eigenvalue weighted by Gasteiger charge is -2.06.